The molecule has 6 nitrogen and oxygen atoms in total. The number of allylic oxidation sites excluding steroid dienone is 2. The molecule has 1 aromatic rings. The molecule has 2 amide bonds. The van der Waals surface area contributed by atoms with Crippen molar-refractivity contribution in [1.29, 1.82) is 0 Å². The van der Waals surface area contributed by atoms with Crippen molar-refractivity contribution in [1.82, 2.24) is 14.9 Å². The van der Waals surface area contributed by atoms with E-state index in [0.29, 0.717) is 25.3 Å². The number of rotatable bonds is 5. The standard InChI is InChI=1S/C23H32N4O2/c1-3-12-27-20(28)9-8-19-16(2)24-22(25-23(19)27)18-10-13-26(14-11-18)21(29)15-17-6-4-5-7-17/h4,6,17-18H,3,5,7-15H2,1-2H3/t17-/m0/s1. The van der Waals surface area contributed by atoms with Crippen LogP contribution in [0.25, 0.3) is 0 Å². The normalized spacial score (nSPS) is 22.3. The summed E-state index contributed by atoms with van der Waals surface area (Å²) in [5.41, 5.74) is 2.13. The van der Waals surface area contributed by atoms with E-state index in [4.69, 9.17) is 9.97 Å². The minimum absolute atomic E-state index is 0.171. The Labute approximate surface area is 173 Å². The number of carbonyl (C=O) groups is 2. The van der Waals surface area contributed by atoms with Crippen LogP contribution in [0.3, 0.4) is 0 Å². The molecular formula is C23H32N4O2. The molecule has 3 aliphatic rings. The quantitative estimate of drug-likeness (QED) is 0.714. The Morgan fingerprint density at radius 3 is 2.66 bits per heavy atom. The molecule has 1 aromatic heterocycles. The van der Waals surface area contributed by atoms with E-state index < -0.39 is 0 Å². The van der Waals surface area contributed by atoms with Crippen LogP contribution >= 0.6 is 0 Å². The average molecular weight is 397 g/mol. The number of hydrogen-bond acceptors (Lipinski definition) is 4. The van der Waals surface area contributed by atoms with Gasteiger partial charge < -0.3 is 4.90 Å². The first-order valence-electron chi connectivity index (χ1n) is 11.2. The van der Waals surface area contributed by atoms with E-state index in [1.807, 2.05) is 16.7 Å². The second-order valence-corrected chi connectivity index (χ2v) is 8.64. The summed E-state index contributed by atoms with van der Waals surface area (Å²) in [7, 11) is 0. The summed E-state index contributed by atoms with van der Waals surface area (Å²) in [5, 5.41) is 0. The van der Waals surface area contributed by atoms with Gasteiger partial charge in [0.1, 0.15) is 11.6 Å². The summed E-state index contributed by atoms with van der Waals surface area (Å²) in [6, 6.07) is 0. The topological polar surface area (TPSA) is 66.4 Å². The van der Waals surface area contributed by atoms with E-state index in [0.717, 1.165) is 74.5 Å². The molecule has 0 spiro atoms. The van der Waals surface area contributed by atoms with Crippen LogP contribution in [0.5, 0.6) is 0 Å². The Morgan fingerprint density at radius 1 is 1.17 bits per heavy atom. The van der Waals surface area contributed by atoms with Crippen LogP contribution in [-0.2, 0) is 16.0 Å². The van der Waals surface area contributed by atoms with E-state index in [1.54, 1.807) is 0 Å². The Hall–Kier alpha value is -2.24. The van der Waals surface area contributed by atoms with Crippen molar-refractivity contribution in [2.75, 3.05) is 24.5 Å². The van der Waals surface area contributed by atoms with Crippen molar-refractivity contribution in [3.05, 3.63) is 29.2 Å². The van der Waals surface area contributed by atoms with Crippen LogP contribution < -0.4 is 4.90 Å². The molecule has 6 heteroatoms. The predicted molar refractivity (Wildman–Crippen MR) is 113 cm³/mol. The smallest absolute Gasteiger partial charge is 0.228 e. The van der Waals surface area contributed by atoms with Crippen LogP contribution in [0.4, 0.5) is 5.82 Å². The van der Waals surface area contributed by atoms with Gasteiger partial charge in [-0.3, -0.25) is 14.5 Å². The lowest BCUT2D eigenvalue weighted by Gasteiger charge is -2.33. The molecule has 4 rings (SSSR count). The molecule has 0 aromatic carbocycles. The fraction of sp³-hybridized carbons (Fsp3) is 0.652. The van der Waals surface area contributed by atoms with Crippen LogP contribution in [-0.4, -0.2) is 46.3 Å². The Morgan fingerprint density at radius 2 is 1.97 bits per heavy atom. The Bertz CT molecular complexity index is 811. The second kappa shape index (κ2) is 8.64. The number of aromatic nitrogens is 2. The maximum Gasteiger partial charge on any atom is 0.228 e. The summed E-state index contributed by atoms with van der Waals surface area (Å²) in [6.07, 6.45) is 11.2. The number of hydrogen-bond donors (Lipinski definition) is 0. The molecule has 0 saturated carbocycles. The number of nitrogens with zero attached hydrogens (tertiary/aromatic N) is 4. The van der Waals surface area contributed by atoms with Crippen molar-refractivity contribution in [2.45, 2.75) is 71.1 Å². The number of anilines is 1. The number of carbonyl (C=O) groups excluding carboxylic acids is 2. The predicted octanol–water partition coefficient (Wildman–Crippen LogP) is 3.54. The third-order valence-electron chi connectivity index (χ3n) is 6.56. The van der Waals surface area contributed by atoms with Crippen LogP contribution in [0.1, 0.15) is 74.9 Å². The highest BCUT2D eigenvalue weighted by Gasteiger charge is 2.31. The van der Waals surface area contributed by atoms with E-state index in [9.17, 15) is 9.59 Å². The van der Waals surface area contributed by atoms with E-state index in [-0.39, 0.29) is 17.7 Å². The van der Waals surface area contributed by atoms with Gasteiger partial charge in [0.05, 0.1) is 0 Å². The van der Waals surface area contributed by atoms with Gasteiger partial charge in [0.25, 0.3) is 0 Å². The fourth-order valence-electron chi connectivity index (χ4n) is 4.85. The van der Waals surface area contributed by atoms with Crippen LogP contribution in [0, 0.1) is 12.8 Å². The summed E-state index contributed by atoms with van der Waals surface area (Å²) in [4.78, 5) is 38.6. The zero-order valence-electron chi connectivity index (χ0n) is 17.7. The van der Waals surface area contributed by atoms with Gasteiger partial charge >= 0.3 is 0 Å². The monoisotopic (exact) mass is 396 g/mol. The zero-order chi connectivity index (χ0) is 20.4. The SMILES string of the molecule is CCCN1C(=O)CCc2c(C)nc(C3CCN(C(=O)C[C@H]4C=CCC4)CC3)nc21. The molecule has 3 heterocycles. The third-order valence-corrected chi connectivity index (χ3v) is 6.56. The fourth-order valence-corrected chi connectivity index (χ4v) is 4.85. The van der Waals surface area contributed by atoms with Crippen molar-refractivity contribution >= 4 is 17.6 Å². The van der Waals surface area contributed by atoms with Gasteiger partial charge in [0.15, 0.2) is 0 Å². The lowest BCUT2D eigenvalue weighted by molar-refractivity contribution is -0.133. The summed E-state index contributed by atoms with van der Waals surface area (Å²) in [5.74, 6) is 2.82. The van der Waals surface area contributed by atoms with Gasteiger partial charge in [-0.15, -0.1) is 0 Å². The molecule has 1 saturated heterocycles. The van der Waals surface area contributed by atoms with E-state index in [1.165, 1.54) is 0 Å². The minimum Gasteiger partial charge on any atom is -0.343 e. The molecule has 156 valence electrons. The van der Waals surface area contributed by atoms with E-state index >= 15 is 0 Å². The molecule has 2 aliphatic heterocycles. The highest BCUT2D eigenvalue weighted by molar-refractivity contribution is 5.95. The number of piperidine rings is 1. The van der Waals surface area contributed by atoms with Gasteiger partial charge in [0, 0.05) is 49.7 Å². The maximum atomic E-state index is 12.6. The molecule has 0 bridgehead atoms. The van der Waals surface area contributed by atoms with Crippen LogP contribution in [0.15, 0.2) is 12.2 Å². The lowest BCUT2D eigenvalue weighted by atomic mass is 9.94. The number of amides is 2. The van der Waals surface area contributed by atoms with Gasteiger partial charge in [-0.05, 0) is 51.4 Å². The summed E-state index contributed by atoms with van der Waals surface area (Å²) >= 11 is 0. The molecule has 29 heavy (non-hydrogen) atoms. The maximum absolute atomic E-state index is 12.6. The number of likely N-dealkylation sites (tertiary alicyclic amines) is 1. The average Bonchev–Trinajstić information content (AvgIpc) is 3.23. The second-order valence-electron chi connectivity index (χ2n) is 8.64. The highest BCUT2D eigenvalue weighted by Crippen LogP contribution is 2.33. The van der Waals surface area contributed by atoms with Crippen molar-refractivity contribution in [3.63, 3.8) is 0 Å². The number of fused-ring (bicyclic) bond motifs is 1. The van der Waals surface area contributed by atoms with Gasteiger partial charge in [0.2, 0.25) is 11.8 Å². The molecule has 1 fully saturated rings. The van der Waals surface area contributed by atoms with Gasteiger partial charge in [-0.1, -0.05) is 19.1 Å². The van der Waals surface area contributed by atoms with Crippen molar-refractivity contribution in [3.8, 4) is 0 Å². The summed E-state index contributed by atoms with van der Waals surface area (Å²) in [6.45, 7) is 6.39. The largest absolute Gasteiger partial charge is 0.343 e. The molecule has 0 radical (unpaired) electrons. The molecule has 1 atom stereocenters. The Balaban J connectivity index is 1.44. The lowest BCUT2D eigenvalue weighted by Crippen LogP contribution is -2.39. The van der Waals surface area contributed by atoms with Gasteiger partial charge in [-0.2, -0.15) is 0 Å². The first kappa shape index (κ1) is 20.0. The Kier molecular flexibility index (Phi) is 5.97. The summed E-state index contributed by atoms with van der Waals surface area (Å²) < 4.78 is 0. The molecule has 0 unspecified atom stereocenters. The van der Waals surface area contributed by atoms with E-state index in [2.05, 4.69) is 19.1 Å². The minimum atomic E-state index is 0.171. The molecule has 1 aliphatic carbocycles. The first-order valence-corrected chi connectivity index (χ1v) is 11.2. The molecular weight excluding hydrogens is 364 g/mol. The van der Waals surface area contributed by atoms with Crippen molar-refractivity contribution in [2.24, 2.45) is 5.92 Å². The third kappa shape index (κ3) is 4.21. The molecule has 0 N–H and O–H groups in total. The zero-order valence-corrected chi connectivity index (χ0v) is 17.7. The highest BCUT2D eigenvalue weighted by atomic mass is 16.2. The van der Waals surface area contributed by atoms with Crippen LogP contribution in [0.2, 0.25) is 0 Å². The van der Waals surface area contributed by atoms with Gasteiger partial charge in [-0.25, -0.2) is 9.97 Å². The van der Waals surface area contributed by atoms with Crippen molar-refractivity contribution < 1.29 is 9.59 Å². The number of aryl methyl sites for hydroxylation is 1. The first-order chi connectivity index (χ1) is 14.1.